The third-order valence-electron chi connectivity index (χ3n) is 5.30. The summed E-state index contributed by atoms with van der Waals surface area (Å²) in [6.45, 7) is 5.54. The predicted molar refractivity (Wildman–Crippen MR) is 112 cm³/mol. The van der Waals surface area contributed by atoms with E-state index in [-0.39, 0.29) is 16.7 Å². The Hall–Kier alpha value is -2.26. The number of carbonyl (C=O) groups excluding carboxylic acids is 1. The first-order chi connectivity index (χ1) is 14.4. The lowest BCUT2D eigenvalue weighted by atomic mass is 9.98. The van der Waals surface area contributed by atoms with E-state index < -0.39 is 10.0 Å². The van der Waals surface area contributed by atoms with E-state index in [4.69, 9.17) is 4.52 Å². The zero-order valence-corrected chi connectivity index (χ0v) is 18.5. The van der Waals surface area contributed by atoms with Crippen molar-refractivity contribution in [3.05, 3.63) is 41.5 Å². The predicted octanol–water partition coefficient (Wildman–Crippen LogP) is 2.48. The van der Waals surface area contributed by atoms with E-state index in [2.05, 4.69) is 14.9 Å². The summed E-state index contributed by atoms with van der Waals surface area (Å²) in [7, 11) is -3.54. The fourth-order valence-electron chi connectivity index (χ4n) is 3.58. The van der Waals surface area contributed by atoms with Crippen LogP contribution in [0.15, 0.2) is 33.7 Å². The average molecular weight is 435 g/mol. The van der Waals surface area contributed by atoms with Crippen LogP contribution in [0, 0.1) is 12.8 Å². The third kappa shape index (κ3) is 6.12. The van der Waals surface area contributed by atoms with Crippen molar-refractivity contribution >= 4 is 15.9 Å². The summed E-state index contributed by atoms with van der Waals surface area (Å²) >= 11 is 0. The highest BCUT2D eigenvalue weighted by molar-refractivity contribution is 7.89. The number of nitrogens with one attached hydrogen (secondary N) is 1. The molecule has 1 N–H and O–H groups in total. The molecule has 1 amide bonds. The first kappa shape index (κ1) is 22.4. The Kier molecular flexibility index (Phi) is 7.60. The van der Waals surface area contributed by atoms with Crippen molar-refractivity contribution in [2.45, 2.75) is 57.3 Å². The zero-order valence-electron chi connectivity index (χ0n) is 17.6. The molecule has 2 heterocycles. The zero-order chi connectivity index (χ0) is 21.6. The second-order valence-corrected chi connectivity index (χ2v) is 9.63. The van der Waals surface area contributed by atoms with Crippen LogP contribution in [-0.2, 0) is 27.7 Å². The number of rotatable bonds is 9. The number of nitrogens with zero attached hydrogens (tertiary/aromatic N) is 3. The average Bonchev–Trinajstić information content (AvgIpc) is 3.19. The lowest BCUT2D eigenvalue weighted by Crippen LogP contribution is -2.43. The molecule has 2 aromatic rings. The molecule has 0 aliphatic carbocycles. The smallest absolute Gasteiger partial charge is 0.240 e. The van der Waals surface area contributed by atoms with Crippen molar-refractivity contribution in [1.82, 2.24) is 19.8 Å². The van der Waals surface area contributed by atoms with Crippen LogP contribution in [-0.4, -0.2) is 49.0 Å². The highest BCUT2D eigenvalue weighted by Gasteiger charge is 2.25. The topological polar surface area (TPSA) is 105 Å². The molecule has 164 valence electrons. The minimum atomic E-state index is -3.54. The van der Waals surface area contributed by atoms with Gasteiger partial charge in [-0.1, -0.05) is 29.8 Å². The Bertz CT molecular complexity index is 940. The highest BCUT2D eigenvalue weighted by Crippen LogP contribution is 2.18. The normalized spacial score (nSPS) is 17.3. The van der Waals surface area contributed by atoms with Crippen molar-refractivity contribution in [2.75, 3.05) is 19.6 Å². The second-order valence-electron chi connectivity index (χ2n) is 7.87. The lowest BCUT2D eigenvalue weighted by Gasteiger charge is -2.33. The van der Waals surface area contributed by atoms with Crippen molar-refractivity contribution in [3.8, 4) is 0 Å². The number of aryl methyl sites for hydroxylation is 3. The Morgan fingerprint density at radius 3 is 2.77 bits per heavy atom. The maximum absolute atomic E-state index is 12.6. The molecule has 8 nitrogen and oxygen atoms in total. The number of amides is 1. The van der Waals surface area contributed by atoms with Gasteiger partial charge in [0.15, 0.2) is 5.82 Å². The number of carbonyl (C=O) groups is 1. The Morgan fingerprint density at radius 2 is 2.03 bits per heavy atom. The number of piperidine rings is 1. The van der Waals surface area contributed by atoms with Crippen molar-refractivity contribution in [3.63, 3.8) is 0 Å². The van der Waals surface area contributed by atoms with Gasteiger partial charge in [0, 0.05) is 38.9 Å². The number of aromatic nitrogens is 2. The molecule has 1 saturated heterocycles. The first-order valence-electron chi connectivity index (χ1n) is 10.5. The number of hydrogen-bond acceptors (Lipinski definition) is 6. The van der Waals surface area contributed by atoms with Gasteiger partial charge in [-0.2, -0.15) is 4.98 Å². The fraction of sp³-hybridized carbons (Fsp3) is 0.571. The van der Waals surface area contributed by atoms with Crippen LogP contribution in [0.3, 0.4) is 0 Å². The molecule has 1 aromatic heterocycles. The van der Waals surface area contributed by atoms with Gasteiger partial charge in [0.25, 0.3) is 0 Å². The van der Waals surface area contributed by atoms with E-state index in [9.17, 15) is 13.2 Å². The SMILES string of the molecule is CCCc1noc(CCC(=O)N2CCCC(CNS(=O)(=O)c3ccc(C)cc3)C2)n1. The molecule has 0 spiro atoms. The van der Waals surface area contributed by atoms with Crippen LogP contribution in [0.25, 0.3) is 0 Å². The minimum Gasteiger partial charge on any atom is -0.342 e. The molecule has 1 unspecified atom stereocenters. The number of benzene rings is 1. The van der Waals surface area contributed by atoms with E-state index in [0.717, 1.165) is 31.2 Å². The number of hydrogen-bond donors (Lipinski definition) is 1. The second kappa shape index (κ2) is 10.2. The maximum Gasteiger partial charge on any atom is 0.240 e. The lowest BCUT2D eigenvalue weighted by molar-refractivity contribution is -0.133. The van der Waals surface area contributed by atoms with Gasteiger partial charge in [-0.3, -0.25) is 4.79 Å². The molecular formula is C21H30N4O4S. The Labute approximate surface area is 178 Å². The van der Waals surface area contributed by atoms with Gasteiger partial charge >= 0.3 is 0 Å². The van der Waals surface area contributed by atoms with Gasteiger partial charge in [0.2, 0.25) is 21.8 Å². The maximum atomic E-state index is 12.6. The van der Waals surface area contributed by atoms with Gasteiger partial charge in [-0.05, 0) is 44.2 Å². The molecule has 30 heavy (non-hydrogen) atoms. The molecule has 1 aliphatic heterocycles. The van der Waals surface area contributed by atoms with Crippen molar-refractivity contribution in [1.29, 1.82) is 0 Å². The minimum absolute atomic E-state index is 0.0383. The Morgan fingerprint density at radius 1 is 1.27 bits per heavy atom. The van der Waals surface area contributed by atoms with E-state index in [1.807, 2.05) is 18.7 Å². The molecular weight excluding hydrogens is 404 g/mol. The summed E-state index contributed by atoms with van der Waals surface area (Å²) in [6.07, 6.45) is 4.21. The van der Waals surface area contributed by atoms with Crippen molar-refractivity contribution < 1.29 is 17.7 Å². The van der Waals surface area contributed by atoms with Crippen LogP contribution < -0.4 is 4.72 Å². The highest BCUT2D eigenvalue weighted by atomic mass is 32.2. The fourth-order valence-corrected chi connectivity index (χ4v) is 4.69. The molecule has 3 rings (SSSR count). The molecule has 1 atom stereocenters. The molecule has 1 aromatic carbocycles. The summed E-state index contributed by atoms with van der Waals surface area (Å²) in [4.78, 5) is 19.0. The molecule has 9 heteroatoms. The standard InChI is InChI=1S/C21H30N4O4S/c1-3-5-19-23-20(29-24-19)11-12-21(26)25-13-4-6-17(15-25)14-22-30(27,28)18-9-7-16(2)8-10-18/h7-10,17,22H,3-6,11-15H2,1-2H3. The van der Waals surface area contributed by atoms with Gasteiger partial charge < -0.3 is 9.42 Å². The van der Waals surface area contributed by atoms with Crippen LogP contribution >= 0.6 is 0 Å². The van der Waals surface area contributed by atoms with E-state index in [1.54, 1.807) is 24.3 Å². The summed E-state index contributed by atoms with van der Waals surface area (Å²) in [5.41, 5.74) is 1.01. The third-order valence-corrected chi connectivity index (χ3v) is 6.74. The van der Waals surface area contributed by atoms with E-state index in [1.165, 1.54) is 0 Å². The Balaban J connectivity index is 1.48. The number of sulfonamides is 1. The summed E-state index contributed by atoms with van der Waals surface area (Å²) in [5.74, 6) is 1.31. The van der Waals surface area contributed by atoms with Crippen LogP contribution in [0.1, 0.15) is 49.9 Å². The first-order valence-corrected chi connectivity index (χ1v) is 12.0. The van der Waals surface area contributed by atoms with Gasteiger partial charge in [0.1, 0.15) is 0 Å². The molecule has 1 aliphatic rings. The summed E-state index contributed by atoms with van der Waals surface area (Å²) in [6, 6.07) is 6.78. The molecule has 0 bridgehead atoms. The van der Waals surface area contributed by atoms with Crippen LogP contribution in [0.4, 0.5) is 0 Å². The largest absolute Gasteiger partial charge is 0.342 e. The molecule has 0 saturated carbocycles. The monoisotopic (exact) mass is 434 g/mol. The van der Waals surface area contributed by atoms with Gasteiger partial charge in [-0.25, -0.2) is 13.1 Å². The molecule has 1 fully saturated rings. The summed E-state index contributed by atoms with van der Waals surface area (Å²) in [5, 5.41) is 3.91. The van der Waals surface area contributed by atoms with E-state index in [0.29, 0.717) is 44.2 Å². The number of likely N-dealkylation sites (tertiary alicyclic amines) is 1. The molecule has 0 radical (unpaired) electrons. The summed E-state index contributed by atoms with van der Waals surface area (Å²) < 4.78 is 32.9. The van der Waals surface area contributed by atoms with Gasteiger partial charge in [0.05, 0.1) is 4.90 Å². The van der Waals surface area contributed by atoms with E-state index >= 15 is 0 Å². The van der Waals surface area contributed by atoms with Crippen molar-refractivity contribution in [2.24, 2.45) is 5.92 Å². The van der Waals surface area contributed by atoms with Crippen LogP contribution in [0.5, 0.6) is 0 Å². The van der Waals surface area contributed by atoms with Gasteiger partial charge in [-0.15, -0.1) is 0 Å². The quantitative estimate of drug-likeness (QED) is 0.650. The van der Waals surface area contributed by atoms with Crippen LogP contribution in [0.2, 0.25) is 0 Å².